The fraction of sp³-hybridized carbons (Fsp3) is 0.385. The molecular formula is C13H15O4-. The van der Waals surface area contributed by atoms with Gasteiger partial charge in [-0.15, -0.1) is 0 Å². The average molecular weight is 235 g/mol. The molecule has 4 heteroatoms. The predicted octanol–water partition coefficient (Wildman–Crippen LogP) is 1.11. The van der Waals surface area contributed by atoms with E-state index in [0.29, 0.717) is 12.2 Å². The Balaban J connectivity index is 2.75. The summed E-state index contributed by atoms with van der Waals surface area (Å²) in [5, 5.41) is 10.3. The average Bonchev–Trinajstić information content (AvgIpc) is 2.28. The molecule has 0 aliphatic rings. The molecule has 0 amide bonds. The number of carbonyl (C=O) groups excluding carboxylic acids is 2. The Morgan fingerprint density at radius 2 is 2.00 bits per heavy atom. The number of Topliss-reactive ketones (excluding diaryl/α,β-unsaturated/α-hetero) is 1. The molecular weight excluding hydrogens is 220 g/mol. The summed E-state index contributed by atoms with van der Waals surface area (Å²) in [6.45, 7) is 4.30. The molecule has 92 valence electrons. The van der Waals surface area contributed by atoms with E-state index in [-0.39, 0.29) is 18.6 Å². The molecule has 0 unspecified atom stereocenters. The lowest BCUT2D eigenvalue weighted by atomic mass is 10.0. The van der Waals surface area contributed by atoms with Crippen LogP contribution in [-0.2, 0) is 4.79 Å². The van der Waals surface area contributed by atoms with Gasteiger partial charge in [-0.3, -0.25) is 4.79 Å². The van der Waals surface area contributed by atoms with Crippen molar-refractivity contribution < 1.29 is 19.4 Å². The molecule has 0 atom stereocenters. The van der Waals surface area contributed by atoms with Gasteiger partial charge in [-0.1, -0.05) is 0 Å². The second kappa shape index (κ2) is 6.03. The van der Waals surface area contributed by atoms with Crippen LogP contribution in [-0.4, -0.2) is 18.4 Å². The molecule has 1 aromatic rings. The number of rotatable bonds is 6. The van der Waals surface area contributed by atoms with E-state index in [1.807, 2.05) is 13.8 Å². The van der Waals surface area contributed by atoms with Gasteiger partial charge in [-0.25, -0.2) is 0 Å². The topological polar surface area (TPSA) is 66.4 Å². The molecule has 0 saturated heterocycles. The summed E-state index contributed by atoms with van der Waals surface area (Å²) < 4.78 is 5.35. The van der Waals surface area contributed by atoms with Crippen LogP contribution in [0.15, 0.2) is 18.2 Å². The van der Waals surface area contributed by atoms with E-state index in [1.165, 1.54) is 0 Å². The molecule has 0 saturated carbocycles. The van der Waals surface area contributed by atoms with E-state index < -0.39 is 5.97 Å². The minimum absolute atomic E-state index is 0.0320. The molecule has 0 spiro atoms. The molecule has 0 fully saturated rings. The SMILES string of the molecule is CCOc1ccc(C(=O)CCC(=O)[O-])cc1C. The summed E-state index contributed by atoms with van der Waals surface area (Å²) in [5.41, 5.74) is 1.37. The summed E-state index contributed by atoms with van der Waals surface area (Å²) in [5.74, 6) is -0.662. The van der Waals surface area contributed by atoms with Gasteiger partial charge in [-0.2, -0.15) is 0 Å². The first-order valence-electron chi connectivity index (χ1n) is 5.51. The molecule has 0 aliphatic heterocycles. The number of carboxylic acids is 1. The molecule has 1 rings (SSSR count). The fourth-order valence-corrected chi connectivity index (χ4v) is 1.50. The number of ketones is 1. The zero-order chi connectivity index (χ0) is 12.8. The second-order valence-electron chi connectivity index (χ2n) is 3.71. The lowest BCUT2D eigenvalue weighted by Gasteiger charge is -2.08. The van der Waals surface area contributed by atoms with Crippen molar-refractivity contribution in [2.45, 2.75) is 26.7 Å². The first-order valence-corrected chi connectivity index (χ1v) is 5.51. The van der Waals surface area contributed by atoms with Crippen molar-refractivity contribution in [1.82, 2.24) is 0 Å². The van der Waals surface area contributed by atoms with Gasteiger partial charge in [-0.05, 0) is 44.0 Å². The van der Waals surface area contributed by atoms with Crippen LogP contribution in [0.25, 0.3) is 0 Å². The smallest absolute Gasteiger partial charge is 0.163 e. The standard InChI is InChI=1S/C13H16O4/c1-3-17-12-6-4-10(8-9(12)2)11(14)5-7-13(15)16/h4,6,8H,3,5,7H2,1-2H3,(H,15,16)/p-1. The Morgan fingerprint density at radius 3 is 2.53 bits per heavy atom. The van der Waals surface area contributed by atoms with E-state index in [1.54, 1.807) is 18.2 Å². The number of hydrogen-bond acceptors (Lipinski definition) is 4. The molecule has 0 aliphatic carbocycles. The molecule has 0 aromatic heterocycles. The number of benzene rings is 1. The molecule has 0 heterocycles. The minimum Gasteiger partial charge on any atom is -0.550 e. The highest BCUT2D eigenvalue weighted by atomic mass is 16.5. The van der Waals surface area contributed by atoms with Gasteiger partial charge < -0.3 is 14.6 Å². The predicted molar refractivity (Wildman–Crippen MR) is 60.9 cm³/mol. The molecule has 4 nitrogen and oxygen atoms in total. The highest BCUT2D eigenvalue weighted by Crippen LogP contribution is 2.20. The number of aryl methyl sites for hydroxylation is 1. The van der Waals surface area contributed by atoms with Crippen molar-refractivity contribution in [3.8, 4) is 5.75 Å². The third-order valence-corrected chi connectivity index (χ3v) is 2.35. The van der Waals surface area contributed by atoms with E-state index in [4.69, 9.17) is 4.74 Å². The number of carbonyl (C=O) groups is 2. The second-order valence-corrected chi connectivity index (χ2v) is 3.71. The molecule has 17 heavy (non-hydrogen) atoms. The van der Waals surface area contributed by atoms with Crippen molar-refractivity contribution in [3.05, 3.63) is 29.3 Å². The Kier molecular flexibility index (Phi) is 4.69. The molecule has 0 radical (unpaired) electrons. The third-order valence-electron chi connectivity index (χ3n) is 2.35. The summed E-state index contributed by atoms with van der Waals surface area (Å²) in [4.78, 5) is 21.9. The van der Waals surface area contributed by atoms with Gasteiger partial charge in [0.25, 0.3) is 0 Å². The van der Waals surface area contributed by atoms with Crippen LogP contribution in [0, 0.1) is 6.92 Å². The number of aliphatic carboxylic acids is 1. The van der Waals surface area contributed by atoms with E-state index in [9.17, 15) is 14.7 Å². The summed E-state index contributed by atoms with van der Waals surface area (Å²) >= 11 is 0. The quantitative estimate of drug-likeness (QED) is 0.693. The fourth-order valence-electron chi connectivity index (χ4n) is 1.50. The van der Waals surface area contributed by atoms with Crippen molar-refractivity contribution >= 4 is 11.8 Å². The number of hydrogen-bond donors (Lipinski definition) is 0. The molecule has 0 bridgehead atoms. The largest absolute Gasteiger partial charge is 0.550 e. The first-order chi connectivity index (χ1) is 8.04. The highest BCUT2D eigenvalue weighted by molar-refractivity contribution is 5.97. The van der Waals surface area contributed by atoms with Crippen LogP contribution in [0.1, 0.15) is 35.7 Å². The third kappa shape index (κ3) is 3.90. The van der Waals surface area contributed by atoms with Crippen molar-refractivity contribution in [2.24, 2.45) is 0 Å². The van der Waals surface area contributed by atoms with Crippen LogP contribution >= 0.6 is 0 Å². The zero-order valence-corrected chi connectivity index (χ0v) is 9.99. The first kappa shape index (κ1) is 13.2. The summed E-state index contributed by atoms with van der Waals surface area (Å²) in [6.07, 6.45) is -0.277. The lowest BCUT2D eigenvalue weighted by Crippen LogP contribution is -2.22. The summed E-state index contributed by atoms with van der Waals surface area (Å²) in [6, 6.07) is 5.09. The number of carboxylic acid groups (broad SMARTS) is 1. The van der Waals surface area contributed by atoms with Crippen molar-refractivity contribution in [1.29, 1.82) is 0 Å². The monoisotopic (exact) mass is 235 g/mol. The van der Waals surface area contributed by atoms with Gasteiger partial charge in [0.05, 0.1) is 6.61 Å². The maximum Gasteiger partial charge on any atom is 0.163 e. The summed E-state index contributed by atoms with van der Waals surface area (Å²) in [7, 11) is 0. The van der Waals surface area contributed by atoms with Crippen LogP contribution in [0.4, 0.5) is 0 Å². The normalized spacial score (nSPS) is 10.0. The number of ether oxygens (including phenoxy) is 1. The van der Waals surface area contributed by atoms with Gasteiger partial charge in [0, 0.05) is 18.0 Å². The van der Waals surface area contributed by atoms with Crippen LogP contribution in [0.5, 0.6) is 5.75 Å². The van der Waals surface area contributed by atoms with Gasteiger partial charge in [0.15, 0.2) is 5.78 Å². The van der Waals surface area contributed by atoms with Crippen molar-refractivity contribution in [3.63, 3.8) is 0 Å². The minimum atomic E-state index is -1.21. The maximum atomic E-state index is 11.6. The molecule has 1 aromatic carbocycles. The van der Waals surface area contributed by atoms with Crippen LogP contribution in [0.2, 0.25) is 0 Å². The van der Waals surface area contributed by atoms with Crippen LogP contribution < -0.4 is 9.84 Å². The van der Waals surface area contributed by atoms with Crippen molar-refractivity contribution in [2.75, 3.05) is 6.61 Å². The van der Waals surface area contributed by atoms with Crippen LogP contribution in [0.3, 0.4) is 0 Å². The maximum absolute atomic E-state index is 11.6. The van der Waals surface area contributed by atoms with E-state index in [2.05, 4.69) is 0 Å². The van der Waals surface area contributed by atoms with E-state index >= 15 is 0 Å². The Morgan fingerprint density at radius 1 is 1.29 bits per heavy atom. The van der Waals surface area contributed by atoms with Gasteiger partial charge >= 0.3 is 0 Å². The van der Waals surface area contributed by atoms with Gasteiger partial charge in [0.2, 0.25) is 0 Å². The lowest BCUT2D eigenvalue weighted by molar-refractivity contribution is -0.305. The Hall–Kier alpha value is -1.84. The Bertz CT molecular complexity index is 423. The Labute approximate surface area is 100 Å². The highest BCUT2D eigenvalue weighted by Gasteiger charge is 2.08. The zero-order valence-electron chi connectivity index (χ0n) is 9.99. The van der Waals surface area contributed by atoms with E-state index in [0.717, 1.165) is 11.3 Å². The molecule has 0 N–H and O–H groups in total. The van der Waals surface area contributed by atoms with Gasteiger partial charge in [0.1, 0.15) is 5.75 Å².